The van der Waals surface area contributed by atoms with Gasteiger partial charge >= 0.3 is 6.18 Å². The van der Waals surface area contributed by atoms with E-state index in [1.165, 1.54) is 7.11 Å². The molecule has 0 heterocycles. The molecule has 0 aromatic heterocycles. The summed E-state index contributed by atoms with van der Waals surface area (Å²) >= 11 is 0. The first-order chi connectivity index (χ1) is 9.28. The number of aliphatic hydroxyl groups excluding tert-OH is 1. The molecule has 0 aliphatic rings. The predicted molar refractivity (Wildman–Crippen MR) is 62.0 cm³/mol. The van der Waals surface area contributed by atoms with Crippen molar-refractivity contribution in [3.63, 3.8) is 0 Å². The summed E-state index contributed by atoms with van der Waals surface area (Å²) in [4.78, 5) is 12.4. The molecule has 1 rings (SSSR count). The van der Waals surface area contributed by atoms with Gasteiger partial charge in [-0.05, 0) is 18.2 Å². The first-order valence-corrected chi connectivity index (χ1v) is 5.59. The summed E-state index contributed by atoms with van der Waals surface area (Å²) in [6.45, 7) is -2.58. The summed E-state index contributed by atoms with van der Waals surface area (Å²) in [7, 11) is 1.17. The topological polar surface area (TPSA) is 49.8 Å². The van der Waals surface area contributed by atoms with Gasteiger partial charge in [0.1, 0.15) is 6.54 Å². The zero-order valence-electron chi connectivity index (χ0n) is 10.6. The van der Waals surface area contributed by atoms with Gasteiger partial charge in [0.15, 0.2) is 11.6 Å². The molecule has 0 saturated carbocycles. The molecule has 0 spiro atoms. The molecule has 1 aromatic carbocycles. The Balaban J connectivity index is 3.00. The molecule has 4 nitrogen and oxygen atoms in total. The number of nitrogens with zero attached hydrogens (tertiary/aromatic N) is 1. The van der Waals surface area contributed by atoms with E-state index in [2.05, 4.69) is 4.74 Å². The third kappa shape index (κ3) is 4.37. The molecule has 0 bridgehead atoms. The van der Waals surface area contributed by atoms with E-state index >= 15 is 0 Å². The second-order valence-electron chi connectivity index (χ2n) is 3.91. The summed E-state index contributed by atoms with van der Waals surface area (Å²) in [5, 5.41) is 8.73. The van der Waals surface area contributed by atoms with Crippen LogP contribution in [0.1, 0.15) is 10.4 Å². The van der Waals surface area contributed by atoms with Crippen molar-refractivity contribution in [2.45, 2.75) is 6.18 Å². The van der Waals surface area contributed by atoms with Crippen LogP contribution in [0.25, 0.3) is 0 Å². The Morgan fingerprint density at radius 3 is 2.55 bits per heavy atom. The number of rotatable bonds is 5. The number of ether oxygens (including phenoxy) is 1. The van der Waals surface area contributed by atoms with Crippen molar-refractivity contribution in [2.75, 3.05) is 26.8 Å². The Morgan fingerprint density at radius 1 is 1.40 bits per heavy atom. The normalized spacial score (nSPS) is 11.3. The fourth-order valence-electron chi connectivity index (χ4n) is 1.56. The second-order valence-corrected chi connectivity index (χ2v) is 3.91. The minimum absolute atomic E-state index is 0.152. The van der Waals surface area contributed by atoms with Gasteiger partial charge in [0.05, 0.1) is 13.7 Å². The number of alkyl halides is 3. The van der Waals surface area contributed by atoms with Crippen LogP contribution in [0.3, 0.4) is 0 Å². The van der Waals surface area contributed by atoms with Gasteiger partial charge in [-0.15, -0.1) is 0 Å². The van der Waals surface area contributed by atoms with Crippen LogP contribution in [0.5, 0.6) is 5.75 Å². The van der Waals surface area contributed by atoms with Gasteiger partial charge in [-0.3, -0.25) is 4.79 Å². The SMILES string of the molecule is COc1cc(C(=O)N(CCO)CC(F)(F)F)ccc1F. The van der Waals surface area contributed by atoms with Crippen molar-refractivity contribution in [3.05, 3.63) is 29.6 Å². The molecule has 0 atom stereocenters. The van der Waals surface area contributed by atoms with Crippen molar-refractivity contribution < 1.29 is 32.2 Å². The molecular formula is C12H13F4NO3. The Kier molecular flexibility index (Phi) is 5.32. The lowest BCUT2D eigenvalue weighted by molar-refractivity contribution is -0.141. The first kappa shape index (κ1) is 16.2. The molecule has 112 valence electrons. The number of aliphatic hydroxyl groups is 1. The Bertz CT molecular complexity index is 476. The Hall–Kier alpha value is -1.83. The molecule has 0 fully saturated rings. The molecular weight excluding hydrogens is 282 g/mol. The minimum Gasteiger partial charge on any atom is -0.494 e. The highest BCUT2D eigenvalue weighted by atomic mass is 19.4. The highest BCUT2D eigenvalue weighted by molar-refractivity contribution is 5.94. The van der Waals surface area contributed by atoms with Gasteiger partial charge in [0, 0.05) is 12.1 Å². The molecule has 1 aromatic rings. The number of halogens is 4. The number of carbonyl (C=O) groups is 1. The molecule has 20 heavy (non-hydrogen) atoms. The van der Waals surface area contributed by atoms with Crippen LogP contribution in [0, 0.1) is 5.82 Å². The van der Waals surface area contributed by atoms with Crippen molar-refractivity contribution in [3.8, 4) is 5.75 Å². The van der Waals surface area contributed by atoms with Crippen LogP contribution in [0.15, 0.2) is 18.2 Å². The molecule has 0 radical (unpaired) electrons. The largest absolute Gasteiger partial charge is 0.494 e. The van der Waals surface area contributed by atoms with Crippen molar-refractivity contribution in [1.29, 1.82) is 0 Å². The van der Waals surface area contributed by atoms with Crippen LogP contribution in [0.2, 0.25) is 0 Å². The van der Waals surface area contributed by atoms with Crippen LogP contribution < -0.4 is 4.74 Å². The Labute approximate surface area is 112 Å². The first-order valence-electron chi connectivity index (χ1n) is 5.59. The summed E-state index contributed by atoms with van der Waals surface area (Å²) in [5.41, 5.74) is -0.152. The standard InChI is InChI=1S/C12H13F4NO3/c1-20-10-6-8(2-3-9(10)13)11(19)17(4-5-18)7-12(14,15)16/h2-3,6,18H,4-5,7H2,1H3. The average Bonchev–Trinajstić information content (AvgIpc) is 2.36. The van der Waals surface area contributed by atoms with Crippen molar-refractivity contribution in [1.82, 2.24) is 4.90 Å². The van der Waals surface area contributed by atoms with Gasteiger partial charge in [-0.1, -0.05) is 0 Å². The summed E-state index contributed by atoms with van der Waals surface area (Å²) in [6, 6.07) is 3.00. The number of amides is 1. The van der Waals surface area contributed by atoms with Crippen LogP contribution in [-0.2, 0) is 0 Å². The highest BCUT2D eigenvalue weighted by Crippen LogP contribution is 2.21. The highest BCUT2D eigenvalue weighted by Gasteiger charge is 2.33. The molecule has 0 unspecified atom stereocenters. The summed E-state index contributed by atoms with van der Waals surface area (Å²) < 4.78 is 54.9. The smallest absolute Gasteiger partial charge is 0.406 e. The number of hydrogen-bond acceptors (Lipinski definition) is 3. The molecule has 0 aliphatic heterocycles. The third-order valence-electron chi connectivity index (χ3n) is 2.43. The maximum atomic E-state index is 13.2. The molecule has 1 N–H and O–H groups in total. The third-order valence-corrected chi connectivity index (χ3v) is 2.43. The lowest BCUT2D eigenvalue weighted by atomic mass is 10.1. The zero-order valence-corrected chi connectivity index (χ0v) is 10.6. The lowest BCUT2D eigenvalue weighted by Crippen LogP contribution is -2.40. The number of carbonyl (C=O) groups excluding carboxylic acids is 1. The summed E-state index contributed by atoms with van der Waals surface area (Å²) in [5.74, 6) is -1.94. The van der Waals surface area contributed by atoms with E-state index < -0.39 is 37.6 Å². The van der Waals surface area contributed by atoms with Gasteiger partial charge in [0.2, 0.25) is 0 Å². The summed E-state index contributed by atoms with van der Waals surface area (Å²) in [6.07, 6.45) is -4.59. The number of benzene rings is 1. The van der Waals surface area contributed by atoms with E-state index in [1.807, 2.05) is 0 Å². The van der Waals surface area contributed by atoms with Crippen LogP contribution in [0.4, 0.5) is 17.6 Å². The van der Waals surface area contributed by atoms with Gasteiger partial charge in [0.25, 0.3) is 5.91 Å². The number of methoxy groups -OCH3 is 1. The van der Waals surface area contributed by atoms with Gasteiger partial charge in [-0.25, -0.2) is 4.39 Å². The fourth-order valence-corrected chi connectivity index (χ4v) is 1.56. The van der Waals surface area contributed by atoms with Crippen LogP contribution >= 0.6 is 0 Å². The molecule has 1 amide bonds. The molecule has 8 heteroatoms. The van der Waals surface area contributed by atoms with E-state index in [-0.39, 0.29) is 11.3 Å². The lowest BCUT2D eigenvalue weighted by Gasteiger charge is -2.23. The van der Waals surface area contributed by atoms with Crippen LogP contribution in [-0.4, -0.2) is 48.9 Å². The zero-order chi connectivity index (χ0) is 15.3. The second kappa shape index (κ2) is 6.56. The number of hydrogen-bond donors (Lipinski definition) is 1. The van der Waals surface area contributed by atoms with E-state index in [9.17, 15) is 22.4 Å². The van der Waals surface area contributed by atoms with E-state index in [1.54, 1.807) is 0 Å². The predicted octanol–water partition coefficient (Wildman–Crippen LogP) is 1.83. The van der Waals surface area contributed by atoms with E-state index in [0.29, 0.717) is 4.90 Å². The monoisotopic (exact) mass is 295 g/mol. The van der Waals surface area contributed by atoms with Gasteiger partial charge in [-0.2, -0.15) is 13.2 Å². The minimum atomic E-state index is -4.59. The molecule has 0 saturated heterocycles. The Morgan fingerprint density at radius 2 is 2.05 bits per heavy atom. The quantitative estimate of drug-likeness (QED) is 0.843. The average molecular weight is 295 g/mol. The van der Waals surface area contributed by atoms with Crippen molar-refractivity contribution >= 4 is 5.91 Å². The fraction of sp³-hybridized carbons (Fsp3) is 0.417. The maximum absolute atomic E-state index is 13.2. The van der Waals surface area contributed by atoms with Gasteiger partial charge < -0.3 is 14.7 Å². The maximum Gasteiger partial charge on any atom is 0.406 e. The van der Waals surface area contributed by atoms with E-state index in [0.717, 1.165) is 18.2 Å². The molecule has 0 aliphatic carbocycles. The van der Waals surface area contributed by atoms with Crippen molar-refractivity contribution in [2.24, 2.45) is 0 Å². The van der Waals surface area contributed by atoms with E-state index in [4.69, 9.17) is 5.11 Å².